The topological polar surface area (TPSA) is 17.1 Å². The van der Waals surface area contributed by atoms with Gasteiger partial charge in [0.15, 0.2) is 0 Å². The van der Waals surface area contributed by atoms with Gasteiger partial charge in [-0.15, -0.1) is 0 Å². The fourth-order valence-electron chi connectivity index (χ4n) is 0.656. The van der Waals surface area contributed by atoms with E-state index < -0.39 is 0 Å². The van der Waals surface area contributed by atoms with E-state index in [-0.39, 0.29) is 0 Å². The van der Waals surface area contributed by atoms with Crippen LogP contribution in [0.5, 0.6) is 0 Å². The van der Waals surface area contributed by atoms with Gasteiger partial charge in [-0.2, -0.15) is 0 Å². The lowest BCUT2D eigenvalue weighted by molar-refractivity contribution is -0.104. The third-order valence-corrected chi connectivity index (χ3v) is 1.36. The lowest BCUT2D eigenvalue weighted by Gasteiger charge is -2.11. The minimum absolute atomic E-state index is 0.649. The minimum Gasteiger partial charge on any atom is -0.298 e. The highest BCUT2D eigenvalue weighted by molar-refractivity contribution is 5.79. The van der Waals surface area contributed by atoms with E-state index in [4.69, 9.17) is 0 Å². The molecule has 8 heavy (non-hydrogen) atoms. The Morgan fingerprint density at radius 3 is 2.62 bits per heavy atom. The highest BCUT2D eigenvalue weighted by atomic mass is 16.1. The van der Waals surface area contributed by atoms with Gasteiger partial charge < -0.3 is 0 Å². The average Bonchev–Trinajstić information content (AvgIpc) is 1.62. The van der Waals surface area contributed by atoms with Crippen LogP contribution in [0.2, 0.25) is 0 Å². The van der Waals surface area contributed by atoms with Crippen LogP contribution in [0.3, 0.4) is 0 Å². The van der Waals surface area contributed by atoms with E-state index in [0.717, 1.165) is 24.7 Å². The van der Waals surface area contributed by atoms with Crippen molar-refractivity contribution in [3.8, 4) is 0 Å². The molecule has 1 heteroatoms. The molecule has 0 N–H and O–H groups in total. The number of rotatable bonds is 2. The van der Waals surface area contributed by atoms with Crippen molar-refractivity contribution in [2.24, 2.45) is 0 Å². The number of hydrogen-bond donors (Lipinski definition) is 0. The van der Waals surface area contributed by atoms with Crippen LogP contribution in [-0.2, 0) is 4.79 Å². The van der Waals surface area contributed by atoms with Gasteiger partial charge in [0.2, 0.25) is 0 Å². The summed E-state index contributed by atoms with van der Waals surface area (Å²) in [4.78, 5) is 10.00. The van der Waals surface area contributed by atoms with E-state index in [9.17, 15) is 4.79 Å². The van der Waals surface area contributed by atoms with Crippen molar-refractivity contribution in [2.45, 2.75) is 12.8 Å². The Kier molecular flexibility index (Phi) is 1.29. The highest BCUT2D eigenvalue weighted by Crippen LogP contribution is 2.22. The Morgan fingerprint density at radius 1 is 1.88 bits per heavy atom. The number of carbonyl (C=O) groups is 1. The molecule has 0 amide bonds. The molecule has 1 rings (SSSR count). The van der Waals surface area contributed by atoms with Gasteiger partial charge in [-0.05, 0) is 18.4 Å². The third kappa shape index (κ3) is 0.713. The first kappa shape index (κ1) is 5.29. The summed E-state index contributed by atoms with van der Waals surface area (Å²) < 4.78 is 0. The zero-order valence-corrected chi connectivity index (χ0v) is 4.68. The smallest absolute Gasteiger partial charge is 0.149 e. The predicted molar refractivity (Wildman–Crippen MR) is 32.5 cm³/mol. The fourth-order valence-corrected chi connectivity index (χ4v) is 0.656. The lowest BCUT2D eigenvalue weighted by Crippen LogP contribution is -1.96. The number of hydrogen-bond acceptors (Lipinski definition) is 1. The van der Waals surface area contributed by atoms with Crippen LogP contribution in [0.15, 0.2) is 23.8 Å². The van der Waals surface area contributed by atoms with Gasteiger partial charge in [-0.3, -0.25) is 4.79 Å². The molecule has 0 unspecified atom stereocenters. The Morgan fingerprint density at radius 2 is 2.50 bits per heavy atom. The second-order valence-corrected chi connectivity index (χ2v) is 1.91. The van der Waals surface area contributed by atoms with E-state index in [1.54, 1.807) is 0 Å². The Bertz CT molecular complexity index is 154. The Hall–Kier alpha value is -0.850. The molecular weight excluding hydrogens is 100 g/mol. The van der Waals surface area contributed by atoms with Crippen molar-refractivity contribution >= 4 is 6.29 Å². The van der Waals surface area contributed by atoms with Crippen LogP contribution in [0.25, 0.3) is 0 Å². The van der Waals surface area contributed by atoms with E-state index in [1.165, 1.54) is 0 Å². The Balaban J connectivity index is 2.59. The standard InChI is InChI=1S/C7H8O/c1-6(5-8)7-3-2-4-7/h3,5H,1-2,4H2. The quantitative estimate of drug-likeness (QED) is 0.386. The largest absolute Gasteiger partial charge is 0.298 e. The van der Waals surface area contributed by atoms with Gasteiger partial charge in [0.25, 0.3) is 0 Å². The summed E-state index contributed by atoms with van der Waals surface area (Å²) in [7, 11) is 0. The first-order chi connectivity index (χ1) is 3.84. The maximum absolute atomic E-state index is 10.00. The van der Waals surface area contributed by atoms with E-state index in [0.29, 0.717) is 5.57 Å². The van der Waals surface area contributed by atoms with Crippen LogP contribution in [0.1, 0.15) is 12.8 Å². The van der Waals surface area contributed by atoms with Gasteiger partial charge in [0, 0.05) is 5.57 Å². The van der Waals surface area contributed by atoms with Crippen LogP contribution in [0, 0.1) is 0 Å². The summed E-state index contributed by atoms with van der Waals surface area (Å²) in [5.74, 6) is 0. The maximum Gasteiger partial charge on any atom is 0.149 e. The summed E-state index contributed by atoms with van der Waals surface area (Å²) in [6.45, 7) is 3.56. The van der Waals surface area contributed by atoms with Gasteiger partial charge in [-0.1, -0.05) is 12.7 Å². The molecular formula is C7H8O. The molecule has 0 bridgehead atoms. The predicted octanol–water partition coefficient (Wildman–Crippen LogP) is 1.46. The van der Waals surface area contributed by atoms with Crippen LogP contribution in [0.4, 0.5) is 0 Å². The van der Waals surface area contributed by atoms with Crippen molar-refractivity contribution in [1.29, 1.82) is 0 Å². The normalized spacial score (nSPS) is 16.2. The summed E-state index contributed by atoms with van der Waals surface area (Å²) >= 11 is 0. The zero-order chi connectivity index (χ0) is 5.98. The van der Waals surface area contributed by atoms with E-state index in [2.05, 4.69) is 6.58 Å². The van der Waals surface area contributed by atoms with Crippen molar-refractivity contribution < 1.29 is 4.79 Å². The van der Waals surface area contributed by atoms with Gasteiger partial charge in [0.05, 0.1) is 0 Å². The first-order valence-corrected chi connectivity index (χ1v) is 2.68. The summed E-state index contributed by atoms with van der Waals surface area (Å²) in [6.07, 6.45) is 5.00. The highest BCUT2D eigenvalue weighted by Gasteiger charge is 2.06. The molecule has 0 saturated carbocycles. The Labute approximate surface area is 48.7 Å². The zero-order valence-electron chi connectivity index (χ0n) is 4.68. The minimum atomic E-state index is 0.649. The molecule has 0 spiro atoms. The van der Waals surface area contributed by atoms with Crippen molar-refractivity contribution in [3.05, 3.63) is 23.8 Å². The van der Waals surface area contributed by atoms with Crippen LogP contribution >= 0.6 is 0 Å². The van der Waals surface area contributed by atoms with Gasteiger partial charge in [-0.25, -0.2) is 0 Å². The van der Waals surface area contributed by atoms with Gasteiger partial charge >= 0.3 is 0 Å². The molecule has 0 heterocycles. The molecule has 0 aromatic heterocycles. The molecule has 1 aliphatic carbocycles. The van der Waals surface area contributed by atoms with Crippen molar-refractivity contribution in [3.63, 3.8) is 0 Å². The number of aldehydes is 1. The van der Waals surface area contributed by atoms with Crippen molar-refractivity contribution in [2.75, 3.05) is 0 Å². The number of allylic oxidation sites excluding steroid dienone is 3. The van der Waals surface area contributed by atoms with Crippen LogP contribution < -0.4 is 0 Å². The van der Waals surface area contributed by atoms with E-state index >= 15 is 0 Å². The SMILES string of the molecule is C=C(C=O)C1=CCC1. The molecule has 0 saturated heterocycles. The average molecular weight is 108 g/mol. The van der Waals surface area contributed by atoms with Crippen molar-refractivity contribution in [1.82, 2.24) is 0 Å². The number of carbonyl (C=O) groups excluding carboxylic acids is 1. The first-order valence-electron chi connectivity index (χ1n) is 2.68. The summed E-state index contributed by atoms with van der Waals surface area (Å²) in [6, 6.07) is 0. The molecule has 0 fully saturated rings. The second-order valence-electron chi connectivity index (χ2n) is 1.91. The third-order valence-electron chi connectivity index (χ3n) is 1.36. The van der Waals surface area contributed by atoms with Crippen LogP contribution in [-0.4, -0.2) is 6.29 Å². The fraction of sp³-hybridized carbons (Fsp3) is 0.286. The monoisotopic (exact) mass is 108 g/mol. The summed E-state index contributed by atoms with van der Waals surface area (Å²) in [5, 5.41) is 0. The molecule has 0 radical (unpaired) electrons. The molecule has 42 valence electrons. The molecule has 1 nitrogen and oxygen atoms in total. The van der Waals surface area contributed by atoms with Gasteiger partial charge in [0.1, 0.15) is 6.29 Å². The molecule has 0 aromatic carbocycles. The maximum atomic E-state index is 10.00. The second kappa shape index (κ2) is 1.95. The summed E-state index contributed by atoms with van der Waals surface area (Å²) in [5.41, 5.74) is 1.77. The lowest BCUT2D eigenvalue weighted by atomic mass is 9.94. The molecule has 1 aliphatic rings. The molecule has 0 atom stereocenters. The van der Waals surface area contributed by atoms with E-state index in [1.807, 2.05) is 6.08 Å². The molecule has 0 aromatic rings. The molecule has 0 aliphatic heterocycles.